The molecule has 0 aromatic rings. The normalized spacial score (nSPS) is 21.8. The van der Waals surface area contributed by atoms with E-state index in [-0.39, 0.29) is 23.4 Å². The van der Waals surface area contributed by atoms with Gasteiger partial charge in [0.1, 0.15) is 0 Å². The average molecular weight is 226 g/mol. The lowest BCUT2D eigenvalue weighted by Gasteiger charge is -2.32. The van der Waals surface area contributed by atoms with E-state index in [0.29, 0.717) is 13.0 Å². The summed E-state index contributed by atoms with van der Waals surface area (Å²) in [6.07, 6.45) is 1.23. The predicted octanol–water partition coefficient (Wildman–Crippen LogP) is 2.10. The van der Waals surface area contributed by atoms with Crippen LogP contribution in [0.3, 0.4) is 0 Å². The van der Waals surface area contributed by atoms with Crippen LogP contribution in [0.2, 0.25) is 0 Å². The van der Waals surface area contributed by atoms with E-state index in [1.54, 1.807) is 11.9 Å². The number of likely N-dealkylation sites (N-methyl/N-ethyl adjacent to an activating group) is 1. The lowest BCUT2D eigenvalue weighted by atomic mass is 9.86. The molecule has 1 atom stereocenters. The molecule has 4 heteroatoms. The summed E-state index contributed by atoms with van der Waals surface area (Å²) in [6, 6.07) is -0.164. The van der Waals surface area contributed by atoms with E-state index in [4.69, 9.17) is 0 Å². The minimum Gasteiger partial charge on any atom is -0.325 e. The Morgan fingerprint density at radius 1 is 1.44 bits per heavy atom. The van der Waals surface area contributed by atoms with Gasteiger partial charge >= 0.3 is 6.03 Å². The van der Waals surface area contributed by atoms with E-state index in [1.165, 1.54) is 4.90 Å². The van der Waals surface area contributed by atoms with Crippen molar-refractivity contribution in [1.29, 1.82) is 0 Å². The van der Waals surface area contributed by atoms with Crippen LogP contribution in [0, 0.1) is 5.41 Å². The van der Waals surface area contributed by atoms with Gasteiger partial charge in [0.25, 0.3) is 0 Å². The van der Waals surface area contributed by atoms with Gasteiger partial charge < -0.3 is 4.90 Å². The Hall–Kier alpha value is -1.06. The number of imide groups is 1. The second kappa shape index (κ2) is 4.44. The number of rotatable bonds is 2. The Bertz CT molecular complexity index is 294. The minimum absolute atomic E-state index is 0.0101. The molecule has 0 aromatic heterocycles. The van der Waals surface area contributed by atoms with Gasteiger partial charge in [-0.2, -0.15) is 0 Å². The maximum absolute atomic E-state index is 11.9. The van der Waals surface area contributed by atoms with Crippen LogP contribution < -0.4 is 0 Å². The fourth-order valence-electron chi connectivity index (χ4n) is 2.01. The highest BCUT2D eigenvalue weighted by Crippen LogP contribution is 2.30. The third-order valence-corrected chi connectivity index (χ3v) is 3.02. The fourth-order valence-corrected chi connectivity index (χ4v) is 2.01. The Labute approximate surface area is 97.6 Å². The molecule has 1 saturated heterocycles. The molecule has 0 saturated carbocycles. The highest BCUT2D eigenvalue weighted by molar-refractivity contribution is 5.96. The maximum atomic E-state index is 11.9. The summed E-state index contributed by atoms with van der Waals surface area (Å²) < 4.78 is 0. The predicted molar refractivity (Wildman–Crippen MR) is 63.0 cm³/mol. The van der Waals surface area contributed by atoms with Crippen LogP contribution in [0.25, 0.3) is 0 Å². The molecule has 0 radical (unpaired) electrons. The van der Waals surface area contributed by atoms with Gasteiger partial charge in [0.2, 0.25) is 5.91 Å². The topological polar surface area (TPSA) is 40.6 Å². The Morgan fingerprint density at radius 3 is 2.44 bits per heavy atom. The molecule has 1 aliphatic heterocycles. The van der Waals surface area contributed by atoms with Gasteiger partial charge in [0, 0.05) is 20.0 Å². The summed E-state index contributed by atoms with van der Waals surface area (Å²) in [6.45, 7) is 8.79. The van der Waals surface area contributed by atoms with Gasteiger partial charge in [-0.05, 0) is 11.8 Å². The van der Waals surface area contributed by atoms with Crippen molar-refractivity contribution in [1.82, 2.24) is 9.80 Å². The zero-order chi connectivity index (χ0) is 12.5. The third kappa shape index (κ3) is 2.36. The van der Waals surface area contributed by atoms with Crippen LogP contribution in [0.5, 0.6) is 0 Å². The van der Waals surface area contributed by atoms with Gasteiger partial charge in [0.15, 0.2) is 0 Å². The Balaban J connectivity index is 2.92. The molecule has 0 aliphatic carbocycles. The van der Waals surface area contributed by atoms with Gasteiger partial charge in [-0.3, -0.25) is 9.69 Å². The summed E-state index contributed by atoms with van der Waals surface area (Å²) in [4.78, 5) is 26.9. The second-order valence-electron chi connectivity index (χ2n) is 5.56. The molecule has 1 heterocycles. The summed E-state index contributed by atoms with van der Waals surface area (Å²) >= 11 is 0. The molecule has 92 valence electrons. The molecule has 0 bridgehead atoms. The summed E-state index contributed by atoms with van der Waals surface area (Å²) in [7, 11) is 1.75. The Morgan fingerprint density at radius 2 is 2.00 bits per heavy atom. The van der Waals surface area contributed by atoms with E-state index in [9.17, 15) is 9.59 Å². The number of hydrogen-bond acceptors (Lipinski definition) is 2. The van der Waals surface area contributed by atoms with Crippen molar-refractivity contribution in [3.8, 4) is 0 Å². The number of urea groups is 1. The van der Waals surface area contributed by atoms with E-state index in [2.05, 4.69) is 20.8 Å². The van der Waals surface area contributed by atoms with Crippen LogP contribution in [0.4, 0.5) is 4.79 Å². The second-order valence-corrected chi connectivity index (χ2v) is 5.56. The average Bonchev–Trinajstić information content (AvgIpc) is 2.43. The molecule has 1 aliphatic rings. The molecule has 0 unspecified atom stereocenters. The van der Waals surface area contributed by atoms with Gasteiger partial charge in [-0.25, -0.2) is 4.79 Å². The first-order chi connectivity index (χ1) is 7.29. The first-order valence-corrected chi connectivity index (χ1v) is 5.86. The molecular weight excluding hydrogens is 204 g/mol. The molecule has 0 spiro atoms. The number of carbonyl (C=O) groups is 2. The molecule has 3 amide bonds. The van der Waals surface area contributed by atoms with Crippen molar-refractivity contribution >= 4 is 11.9 Å². The van der Waals surface area contributed by atoms with E-state index >= 15 is 0 Å². The highest BCUT2D eigenvalue weighted by atomic mass is 16.2. The summed E-state index contributed by atoms with van der Waals surface area (Å²) in [5.41, 5.74) is -0.0657. The standard InChI is InChI=1S/C12H22N2O2/c1-6-7-10(15)14-9(12(2,3)4)8-13(5)11(14)16/h9H,6-8H2,1-5H3/t9-/m0/s1. The number of amides is 3. The molecule has 0 aromatic carbocycles. The highest BCUT2D eigenvalue weighted by Gasteiger charge is 2.44. The molecule has 0 N–H and O–H groups in total. The van der Waals surface area contributed by atoms with Crippen molar-refractivity contribution in [3.63, 3.8) is 0 Å². The van der Waals surface area contributed by atoms with Crippen molar-refractivity contribution < 1.29 is 9.59 Å². The first-order valence-electron chi connectivity index (χ1n) is 5.86. The lowest BCUT2D eigenvalue weighted by molar-refractivity contribution is -0.130. The van der Waals surface area contributed by atoms with Gasteiger partial charge in [0.05, 0.1) is 6.04 Å². The monoisotopic (exact) mass is 226 g/mol. The third-order valence-electron chi connectivity index (χ3n) is 3.02. The minimum atomic E-state index is -0.154. The molecule has 1 rings (SSSR count). The maximum Gasteiger partial charge on any atom is 0.326 e. The number of nitrogens with zero attached hydrogens (tertiary/aromatic N) is 2. The lowest BCUT2D eigenvalue weighted by Crippen LogP contribution is -2.45. The van der Waals surface area contributed by atoms with E-state index in [1.807, 2.05) is 6.92 Å². The van der Waals surface area contributed by atoms with Crippen molar-refractivity contribution in [3.05, 3.63) is 0 Å². The Kier molecular flexibility index (Phi) is 3.61. The molecular formula is C12H22N2O2. The van der Waals surface area contributed by atoms with E-state index in [0.717, 1.165) is 6.42 Å². The quantitative estimate of drug-likeness (QED) is 0.723. The summed E-state index contributed by atoms with van der Waals surface area (Å²) in [5.74, 6) is -0.0447. The van der Waals surface area contributed by atoms with E-state index < -0.39 is 0 Å². The fraction of sp³-hybridized carbons (Fsp3) is 0.833. The zero-order valence-electron chi connectivity index (χ0n) is 10.9. The van der Waals surface area contributed by atoms with Crippen molar-refractivity contribution in [2.24, 2.45) is 5.41 Å². The molecule has 16 heavy (non-hydrogen) atoms. The van der Waals surface area contributed by atoms with Crippen LogP contribution in [0.15, 0.2) is 0 Å². The van der Waals surface area contributed by atoms with Crippen LogP contribution >= 0.6 is 0 Å². The number of hydrogen-bond donors (Lipinski definition) is 0. The SMILES string of the molecule is CCCC(=O)N1C(=O)N(C)C[C@H]1C(C)(C)C. The van der Waals surface area contributed by atoms with Crippen LogP contribution in [0.1, 0.15) is 40.5 Å². The number of carbonyl (C=O) groups excluding carboxylic acids is 2. The smallest absolute Gasteiger partial charge is 0.325 e. The first kappa shape index (κ1) is 13.0. The zero-order valence-corrected chi connectivity index (χ0v) is 10.9. The van der Waals surface area contributed by atoms with Crippen LogP contribution in [-0.2, 0) is 4.79 Å². The van der Waals surface area contributed by atoms with Gasteiger partial charge in [-0.15, -0.1) is 0 Å². The van der Waals surface area contributed by atoms with Gasteiger partial charge in [-0.1, -0.05) is 27.7 Å². The van der Waals surface area contributed by atoms with Crippen molar-refractivity contribution in [2.75, 3.05) is 13.6 Å². The van der Waals surface area contributed by atoms with Crippen molar-refractivity contribution in [2.45, 2.75) is 46.6 Å². The summed E-state index contributed by atoms with van der Waals surface area (Å²) in [5, 5.41) is 0. The molecule has 4 nitrogen and oxygen atoms in total. The van der Waals surface area contributed by atoms with Crippen LogP contribution in [-0.4, -0.2) is 41.4 Å². The largest absolute Gasteiger partial charge is 0.326 e. The molecule has 1 fully saturated rings.